The van der Waals surface area contributed by atoms with Crippen molar-refractivity contribution in [2.45, 2.75) is 18.2 Å². The van der Waals surface area contributed by atoms with E-state index >= 15 is 0 Å². The molecule has 3 rings (SSSR count). The number of benzene rings is 3. The van der Waals surface area contributed by atoms with Gasteiger partial charge in [-0.05, 0) is 42.6 Å². The van der Waals surface area contributed by atoms with E-state index in [9.17, 15) is 13.2 Å². The summed E-state index contributed by atoms with van der Waals surface area (Å²) in [6.45, 7) is 2.35. The van der Waals surface area contributed by atoms with Crippen molar-refractivity contribution in [3.63, 3.8) is 0 Å². The topological polar surface area (TPSA) is 54.5 Å². The number of fused-ring (bicyclic) bond motifs is 1. The molecule has 0 aliphatic carbocycles. The highest BCUT2D eigenvalue weighted by Crippen LogP contribution is 2.27. The molecule has 0 saturated carbocycles. The molecule has 0 heterocycles. The molecule has 0 radical (unpaired) electrons. The number of amides is 1. The molecule has 140 valence electrons. The van der Waals surface area contributed by atoms with Crippen LogP contribution in [0.25, 0.3) is 10.8 Å². The van der Waals surface area contributed by atoms with Gasteiger partial charge in [-0.25, -0.2) is 8.42 Å². The Kier molecular flexibility index (Phi) is 5.82. The Bertz CT molecular complexity index is 1060. The van der Waals surface area contributed by atoms with Crippen LogP contribution in [0.5, 0.6) is 0 Å². The monoisotopic (exact) mass is 401 g/mol. The number of anilines is 1. The van der Waals surface area contributed by atoms with E-state index in [0.29, 0.717) is 11.6 Å². The van der Waals surface area contributed by atoms with Crippen LogP contribution in [-0.2, 0) is 14.6 Å². The minimum Gasteiger partial charge on any atom is -0.312 e. The Labute approximate surface area is 164 Å². The second-order valence-corrected chi connectivity index (χ2v) is 8.70. The molecule has 0 atom stereocenters. The lowest BCUT2D eigenvalue weighted by Gasteiger charge is -2.23. The second-order valence-electron chi connectivity index (χ2n) is 6.16. The van der Waals surface area contributed by atoms with Gasteiger partial charge in [0.25, 0.3) is 0 Å². The van der Waals surface area contributed by atoms with Crippen LogP contribution < -0.4 is 4.90 Å². The van der Waals surface area contributed by atoms with E-state index < -0.39 is 9.84 Å². The van der Waals surface area contributed by atoms with Crippen LogP contribution >= 0.6 is 11.6 Å². The third-order valence-electron chi connectivity index (χ3n) is 4.43. The lowest BCUT2D eigenvalue weighted by atomic mass is 10.1. The summed E-state index contributed by atoms with van der Waals surface area (Å²) in [6.07, 6.45) is -0.0813. The van der Waals surface area contributed by atoms with E-state index in [1.807, 2.05) is 49.4 Å². The maximum atomic E-state index is 12.8. The SMILES string of the molecule is CCN(C(=O)CCS(=O)(=O)c1ccc(Cl)cc1)c1cccc2ccccc12. The van der Waals surface area contributed by atoms with Gasteiger partial charge in [-0.2, -0.15) is 0 Å². The second kappa shape index (κ2) is 8.11. The molecule has 0 fully saturated rings. The molecule has 0 aliphatic rings. The molecule has 27 heavy (non-hydrogen) atoms. The first-order valence-electron chi connectivity index (χ1n) is 8.69. The number of sulfone groups is 1. The number of halogens is 1. The van der Waals surface area contributed by atoms with Crippen molar-refractivity contribution in [2.24, 2.45) is 0 Å². The average Bonchev–Trinajstić information content (AvgIpc) is 2.67. The zero-order valence-electron chi connectivity index (χ0n) is 14.9. The van der Waals surface area contributed by atoms with E-state index in [1.54, 1.807) is 4.90 Å². The van der Waals surface area contributed by atoms with Gasteiger partial charge in [0.1, 0.15) is 0 Å². The molecule has 4 nitrogen and oxygen atoms in total. The van der Waals surface area contributed by atoms with E-state index in [4.69, 9.17) is 11.6 Å². The Morgan fingerprint density at radius 1 is 0.963 bits per heavy atom. The summed E-state index contributed by atoms with van der Waals surface area (Å²) in [5, 5.41) is 2.48. The Morgan fingerprint density at radius 2 is 1.63 bits per heavy atom. The largest absolute Gasteiger partial charge is 0.312 e. The number of nitrogens with zero attached hydrogens (tertiary/aromatic N) is 1. The molecule has 1 amide bonds. The van der Waals surface area contributed by atoms with E-state index in [2.05, 4.69) is 0 Å². The van der Waals surface area contributed by atoms with Gasteiger partial charge >= 0.3 is 0 Å². The van der Waals surface area contributed by atoms with Crippen molar-refractivity contribution < 1.29 is 13.2 Å². The Hall–Kier alpha value is -2.37. The summed E-state index contributed by atoms with van der Waals surface area (Å²) in [5.41, 5.74) is 0.796. The van der Waals surface area contributed by atoms with Crippen LogP contribution in [0, 0.1) is 0 Å². The van der Waals surface area contributed by atoms with Crippen molar-refractivity contribution >= 4 is 43.8 Å². The number of hydrogen-bond donors (Lipinski definition) is 0. The highest BCUT2D eigenvalue weighted by molar-refractivity contribution is 7.91. The van der Waals surface area contributed by atoms with Crippen LogP contribution in [0.2, 0.25) is 5.02 Å². The summed E-state index contributed by atoms with van der Waals surface area (Å²) in [4.78, 5) is 14.6. The molecule has 0 N–H and O–H groups in total. The number of rotatable bonds is 6. The summed E-state index contributed by atoms with van der Waals surface area (Å²) in [6, 6.07) is 19.6. The zero-order valence-corrected chi connectivity index (χ0v) is 16.5. The maximum absolute atomic E-state index is 12.8. The van der Waals surface area contributed by atoms with Gasteiger partial charge in [0.2, 0.25) is 5.91 Å². The lowest BCUT2D eigenvalue weighted by Crippen LogP contribution is -2.32. The van der Waals surface area contributed by atoms with E-state index in [0.717, 1.165) is 16.5 Å². The van der Waals surface area contributed by atoms with Crippen molar-refractivity contribution in [3.05, 3.63) is 71.8 Å². The smallest absolute Gasteiger partial charge is 0.228 e. The van der Waals surface area contributed by atoms with Crippen molar-refractivity contribution in [3.8, 4) is 0 Å². The molecule has 0 saturated heterocycles. The van der Waals surface area contributed by atoms with Gasteiger partial charge in [0.15, 0.2) is 9.84 Å². The Balaban J connectivity index is 1.80. The van der Waals surface area contributed by atoms with Crippen molar-refractivity contribution in [2.75, 3.05) is 17.2 Å². The normalized spacial score (nSPS) is 11.5. The molecule has 6 heteroatoms. The minimum absolute atomic E-state index is 0.0813. The quantitative estimate of drug-likeness (QED) is 0.601. The van der Waals surface area contributed by atoms with Crippen LogP contribution in [0.1, 0.15) is 13.3 Å². The fourth-order valence-electron chi connectivity index (χ4n) is 3.04. The fraction of sp³-hybridized carbons (Fsp3) is 0.190. The molecule has 0 aliphatic heterocycles. The molecular weight excluding hydrogens is 382 g/mol. The van der Waals surface area contributed by atoms with Gasteiger partial charge < -0.3 is 4.90 Å². The first-order valence-corrected chi connectivity index (χ1v) is 10.7. The third kappa shape index (κ3) is 4.31. The highest BCUT2D eigenvalue weighted by atomic mass is 35.5. The standard InChI is InChI=1S/C21H20ClNO3S/c1-2-23(20-9-5-7-16-6-3-4-8-19(16)20)21(24)14-15-27(25,26)18-12-10-17(22)11-13-18/h3-13H,2,14-15H2,1H3. The summed E-state index contributed by atoms with van der Waals surface area (Å²) in [7, 11) is -3.54. The third-order valence-corrected chi connectivity index (χ3v) is 6.42. The summed E-state index contributed by atoms with van der Waals surface area (Å²) in [5.74, 6) is -0.458. The molecule has 0 spiro atoms. The lowest BCUT2D eigenvalue weighted by molar-refractivity contribution is -0.118. The van der Waals surface area contributed by atoms with E-state index in [-0.39, 0.29) is 23.0 Å². The van der Waals surface area contributed by atoms with Gasteiger partial charge in [-0.3, -0.25) is 4.79 Å². The molecule has 3 aromatic rings. The predicted octanol–water partition coefficient (Wildman–Crippen LogP) is 4.71. The molecule has 0 aromatic heterocycles. The van der Waals surface area contributed by atoms with Gasteiger partial charge in [-0.1, -0.05) is 48.0 Å². The Morgan fingerprint density at radius 3 is 2.33 bits per heavy atom. The molecule has 3 aromatic carbocycles. The highest BCUT2D eigenvalue weighted by Gasteiger charge is 2.21. The van der Waals surface area contributed by atoms with Gasteiger partial charge in [-0.15, -0.1) is 0 Å². The molecule has 0 unspecified atom stereocenters. The maximum Gasteiger partial charge on any atom is 0.228 e. The summed E-state index contributed by atoms with van der Waals surface area (Å²) >= 11 is 5.81. The average molecular weight is 402 g/mol. The van der Waals surface area contributed by atoms with Crippen LogP contribution in [-0.4, -0.2) is 26.6 Å². The number of hydrogen-bond acceptors (Lipinski definition) is 3. The van der Waals surface area contributed by atoms with Crippen molar-refractivity contribution in [1.82, 2.24) is 0 Å². The van der Waals surface area contributed by atoms with Gasteiger partial charge in [0, 0.05) is 23.4 Å². The van der Waals surface area contributed by atoms with Crippen LogP contribution in [0.4, 0.5) is 5.69 Å². The number of carbonyl (C=O) groups excluding carboxylic acids is 1. The molecular formula is C21H20ClNO3S. The van der Waals surface area contributed by atoms with Crippen LogP contribution in [0.3, 0.4) is 0 Å². The van der Waals surface area contributed by atoms with Crippen LogP contribution in [0.15, 0.2) is 71.6 Å². The summed E-state index contributed by atoms with van der Waals surface area (Å²) < 4.78 is 25.0. The predicted molar refractivity (Wildman–Crippen MR) is 110 cm³/mol. The zero-order chi connectivity index (χ0) is 19.4. The molecule has 0 bridgehead atoms. The first kappa shape index (κ1) is 19.4. The van der Waals surface area contributed by atoms with Crippen molar-refractivity contribution in [1.29, 1.82) is 0 Å². The fourth-order valence-corrected chi connectivity index (χ4v) is 4.40. The number of carbonyl (C=O) groups is 1. The van der Waals surface area contributed by atoms with E-state index in [1.165, 1.54) is 24.3 Å². The minimum atomic E-state index is -3.54. The van der Waals surface area contributed by atoms with Gasteiger partial charge in [0.05, 0.1) is 16.3 Å². The first-order chi connectivity index (χ1) is 12.9.